The van der Waals surface area contributed by atoms with Crippen molar-refractivity contribution >= 4 is 0 Å². The molecule has 0 amide bonds. The van der Waals surface area contributed by atoms with E-state index in [1.54, 1.807) is 0 Å². The molecule has 0 fully saturated rings. The number of ether oxygens (including phenoxy) is 2. The molecule has 106 valence electrons. The molecule has 0 aromatic rings. The highest BCUT2D eigenvalue weighted by Gasteiger charge is 2.36. The first-order chi connectivity index (χ1) is 8.50. The fourth-order valence-corrected chi connectivity index (χ4v) is 2.34. The topological polar surface area (TPSA) is 30.5 Å². The van der Waals surface area contributed by atoms with Crippen LogP contribution in [0.5, 0.6) is 0 Å². The predicted octanol–water partition coefficient (Wildman–Crippen LogP) is 3.11. The minimum atomic E-state index is 0.0915. The fraction of sp³-hybridized carbons (Fsp3) is 0.867. The second kappa shape index (κ2) is 7.15. The molecule has 0 aromatic carbocycles. The summed E-state index contributed by atoms with van der Waals surface area (Å²) in [5, 5.41) is 3.58. The minimum Gasteiger partial charge on any atom is -0.496 e. The third-order valence-electron chi connectivity index (χ3n) is 3.16. The second-order valence-corrected chi connectivity index (χ2v) is 5.92. The monoisotopic (exact) mass is 255 g/mol. The summed E-state index contributed by atoms with van der Waals surface area (Å²) in [6, 6.07) is 0.174. The molecule has 1 heterocycles. The van der Waals surface area contributed by atoms with E-state index in [1.165, 1.54) is 0 Å². The molecule has 2 unspecified atom stereocenters. The van der Waals surface area contributed by atoms with Crippen molar-refractivity contribution in [2.45, 2.75) is 59.6 Å². The maximum atomic E-state index is 5.99. The van der Waals surface area contributed by atoms with Crippen molar-refractivity contribution in [1.29, 1.82) is 0 Å². The normalized spacial score (nSPS) is 19.3. The molecule has 1 aliphatic heterocycles. The van der Waals surface area contributed by atoms with Crippen LogP contribution in [0.4, 0.5) is 0 Å². The van der Waals surface area contributed by atoms with Crippen LogP contribution in [0, 0.1) is 5.41 Å². The Balaban J connectivity index is 2.83. The lowest BCUT2D eigenvalue weighted by Gasteiger charge is -2.37. The Morgan fingerprint density at radius 3 is 2.56 bits per heavy atom. The summed E-state index contributed by atoms with van der Waals surface area (Å²) < 4.78 is 11.7. The largest absolute Gasteiger partial charge is 0.496 e. The lowest BCUT2D eigenvalue weighted by molar-refractivity contribution is -0.0376. The molecule has 0 saturated heterocycles. The number of hydrogen-bond donors (Lipinski definition) is 1. The van der Waals surface area contributed by atoms with Gasteiger partial charge in [-0.1, -0.05) is 27.7 Å². The van der Waals surface area contributed by atoms with Crippen LogP contribution in [-0.2, 0) is 9.47 Å². The molecule has 0 aromatic heterocycles. The molecule has 0 bridgehead atoms. The molecule has 1 rings (SSSR count). The third-order valence-corrected chi connectivity index (χ3v) is 3.16. The highest BCUT2D eigenvalue weighted by Crippen LogP contribution is 2.30. The van der Waals surface area contributed by atoms with Gasteiger partial charge < -0.3 is 14.8 Å². The first-order valence-electron chi connectivity index (χ1n) is 7.18. The van der Waals surface area contributed by atoms with Gasteiger partial charge in [0.2, 0.25) is 0 Å². The lowest BCUT2D eigenvalue weighted by Crippen LogP contribution is -2.49. The zero-order valence-electron chi connectivity index (χ0n) is 12.6. The first kappa shape index (κ1) is 15.5. The molecule has 1 aliphatic rings. The van der Waals surface area contributed by atoms with Crippen LogP contribution in [0.1, 0.15) is 47.5 Å². The lowest BCUT2D eigenvalue weighted by atomic mass is 9.83. The van der Waals surface area contributed by atoms with Crippen LogP contribution in [0.3, 0.4) is 0 Å². The Labute approximate surface area is 112 Å². The maximum Gasteiger partial charge on any atom is 0.112 e. The van der Waals surface area contributed by atoms with Crippen molar-refractivity contribution in [2.24, 2.45) is 5.41 Å². The van der Waals surface area contributed by atoms with E-state index in [0.29, 0.717) is 0 Å². The van der Waals surface area contributed by atoms with Gasteiger partial charge in [0.25, 0.3) is 0 Å². The van der Waals surface area contributed by atoms with E-state index < -0.39 is 0 Å². The molecule has 0 saturated carbocycles. The van der Waals surface area contributed by atoms with Gasteiger partial charge >= 0.3 is 0 Å². The smallest absolute Gasteiger partial charge is 0.112 e. The van der Waals surface area contributed by atoms with Gasteiger partial charge in [-0.15, -0.1) is 0 Å². The fourth-order valence-electron chi connectivity index (χ4n) is 2.34. The van der Waals surface area contributed by atoms with Crippen LogP contribution in [0.2, 0.25) is 0 Å². The van der Waals surface area contributed by atoms with E-state index in [-0.39, 0.29) is 17.6 Å². The van der Waals surface area contributed by atoms with Gasteiger partial charge in [-0.05, 0) is 31.4 Å². The highest BCUT2D eigenvalue weighted by atomic mass is 16.5. The van der Waals surface area contributed by atoms with E-state index in [1.807, 2.05) is 0 Å². The molecule has 18 heavy (non-hydrogen) atoms. The molecular formula is C15H29NO2. The Bertz CT molecular complexity index is 268. The third kappa shape index (κ3) is 4.29. The van der Waals surface area contributed by atoms with Crippen molar-refractivity contribution in [3.8, 4) is 0 Å². The van der Waals surface area contributed by atoms with E-state index in [4.69, 9.17) is 9.47 Å². The van der Waals surface area contributed by atoms with Crippen LogP contribution in [0.15, 0.2) is 11.8 Å². The molecule has 2 atom stereocenters. The van der Waals surface area contributed by atoms with Crippen molar-refractivity contribution in [3.05, 3.63) is 11.8 Å². The van der Waals surface area contributed by atoms with Crippen molar-refractivity contribution in [1.82, 2.24) is 5.32 Å². The van der Waals surface area contributed by atoms with E-state index >= 15 is 0 Å². The molecule has 0 aliphatic carbocycles. The van der Waals surface area contributed by atoms with Gasteiger partial charge in [0.1, 0.15) is 5.76 Å². The van der Waals surface area contributed by atoms with E-state index in [0.717, 1.165) is 38.4 Å². The molecule has 0 radical (unpaired) electrons. The average molecular weight is 255 g/mol. The zero-order valence-corrected chi connectivity index (χ0v) is 12.6. The van der Waals surface area contributed by atoms with Gasteiger partial charge in [-0.25, -0.2) is 0 Å². The van der Waals surface area contributed by atoms with Gasteiger partial charge in [-0.3, -0.25) is 0 Å². The zero-order chi connectivity index (χ0) is 13.6. The maximum absolute atomic E-state index is 5.99. The summed E-state index contributed by atoms with van der Waals surface area (Å²) in [4.78, 5) is 0. The molecule has 0 spiro atoms. The standard InChI is InChI=1S/C15H29NO2/c1-6-10-16-13(12-9-8-11-18-12)14(17-7-2)15(3,4)5/h9,13-14,16H,6-8,10-11H2,1-5H3. The molecular weight excluding hydrogens is 226 g/mol. The summed E-state index contributed by atoms with van der Waals surface area (Å²) >= 11 is 0. The van der Waals surface area contributed by atoms with Crippen molar-refractivity contribution in [3.63, 3.8) is 0 Å². The quantitative estimate of drug-likeness (QED) is 0.758. The summed E-state index contributed by atoms with van der Waals surface area (Å²) in [7, 11) is 0. The predicted molar refractivity (Wildman–Crippen MR) is 75.6 cm³/mol. The minimum absolute atomic E-state index is 0.0915. The average Bonchev–Trinajstić information content (AvgIpc) is 2.80. The number of hydrogen-bond acceptors (Lipinski definition) is 3. The Kier molecular flexibility index (Phi) is 6.16. The van der Waals surface area contributed by atoms with Crippen LogP contribution in [-0.4, -0.2) is 31.9 Å². The molecule has 1 N–H and O–H groups in total. The van der Waals surface area contributed by atoms with Crippen LogP contribution in [0.25, 0.3) is 0 Å². The van der Waals surface area contributed by atoms with Gasteiger partial charge in [0, 0.05) is 13.0 Å². The number of nitrogens with one attached hydrogen (secondary N) is 1. The van der Waals surface area contributed by atoms with E-state index in [9.17, 15) is 0 Å². The Hall–Kier alpha value is -0.540. The molecule has 3 nitrogen and oxygen atoms in total. The summed E-state index contributed by atoms with van der Waals surface area (Å²) in [5.74, 6) is 1.07. The summed E-state index contributed by atoms with van der Waals surface area (Å²) in [6.45, 7) is 13.4. The summed E-state index contributed by atoms with van der Waals surface area (Å²) in [5.41, 5.74) is 0.0915. The summed E-state index contributed by atoms with van der Waals surface area (Å²) in [6.07, 6.45) is 4.47. The van der Waals surface area contributed by atoms with Crippen molar-refractivity contribution in [2.75, 3.05) is 19.8 Å². The van der Waals surface area contributed by atoms with Gasteiger partial charge in [0.05, 0.1) is 18.8 Å². The van der Waals surface area contributed by atoms with Crippen LogP contribution < -0.4 is 5.32 Å². The Morgan fingerprint density at radius 2 is 2.11 bits per heavy atom. The Morgan fingerprint density at radius 1 is 1.39 bits per heavy atom. The van der Waals surface area contributed by atoms with Crippen molar-refractivity contribution < 1.29 is 9.47 Å². The molecule has 3 heteroatoms. The first-order valence-corrected chi connectivity index (χ1v) is 7.18. The van der Waals surface area contributed by atoms with Gasteiger partial charge in [-0.2, -0.15) is 0 Å². The van der Waals surface area contributed by atoms with Crippen LogP contribution >= 0.6 is 0 Å². The number of rotatable bonds is 7. The highest BCUT2D eigenvalue weighted by molar-refractivity contribution is 5.11. The SMILES string of the molecule is CCCNC(C1=CCCO1)C(OCC)C(C)(C)C. The van der Waals surface area contributed by atoms with Gasteiger partial charge in [0.15, 0.2) is 0 Å². The second-order valence-electron chi connectivity index (χ2n) is 5.92. The van der Waals surface area contributed by atoms with E-state index in [2.05, 4.69) is 46.0 Å².